The molecular weight excluding hydrogens is 526 g/mol. The van der Waals surface area contributed by atoms with Crippen LogP contribution < -0.4 is 16.0 Å². The molecule has 5 rings (SSSR count). The van der Waals surface area contributed by atoms with Crippen LogP contribution in [-0.4, -0.2) is 86.3 Å². The summed E-state index contributed by atoms with van der Waals surface area (Å²) in [7, 11) is 0. The number of nitrogens with zero attached hydrogens (tertiary/aromatic N) is 7. The standard InChI is InChI=1S/C28H35N9O2S/c1-4-35(5-2)18(3)15-30-17-31-26(29)19-13-22(33-25(14-19)36-10-9-23(36)28(38)39)20-16-32-37-11-8-21(34-27(20)37)24-7-6-12-40-24/h6-8,11-14,16,18,23,30H,4-5,9-10,15,17H2,1-3H3,(H2,29,31)(H,38,39)/t18-,23-/m0/s1. The lowest BCUT2D eigenvalue weighted by molar-refractivity contribution is -0.140. The Bertz CT molecular complexity index is 1500. The third-order valence-electron chi connectivity index (χ3n) is 7.36. The van der Waals surface area contributed by atoms with Crippen LogP contribution in [0.2, 0.25) is 0 Å². The molecule has 210 valence electrons. The van der Waals surface area contributed by atoms with Crippen LogP contribution in [0.4, 0.5) is 5.82 Å². The lowest BCUT2D eigenvalue weighted by Crippen LogP contribution is -2.53. The Morgan fingerprint density at radius 1 is 1.27 bits per heavy atom. The topological polar surface area (TPSA) is 137 Å². The Morgan fingerprint density at radius 2 is 2.10 bits per heavy atom. The fourth-order valence-electron chi connectivity index (χ4n) is 4.96. The number of rotatable bonds is 12. The first-order valence-electron chi connectivity index (χ1n) is 13.5. The molecule has 0 bridgehead atoms. The number of likely N-dealkylation sites (N-methyl/N-ethyl adjacent to an activating group) is 1. The minimum Gasteiger partial charge on any atom is -0.480 e. The van der Waals surface area contributed by atoms with Gasteiger partial charge in [0, 0.05) is 30.9 Å². The Balaban J connectivity index is 1.47. The predicted octanol–water partition coefficient (Wildman–Crippen LogP) is 3.17. The number of carboxylic acids is 1. The van der Waals surface area contributed by atoms with Crippen molar-refractivity contribution in [2.24, 2.45) is 10.7 Å². The summed E-state index contributed by atoms with van der Waals surface area (Å²) < 4.78 is 1.71. The molecule has 1 aliphatic rings. The van der Waals surface area contributed by atoms with E-state index in [2.05, 4.69) is 41.1 Å². The number of amidine groups is 1. The SMILES string of the molecule is CCN(CC)[C@@H](C)CNCN=C(N)c1cc(-c2cnn3ccc(-c4cccs4)nc23)nc(N2CC[C@H]2C(=O)O)c1. The van der Waals surface area contributed by atoms with Crippen LogP contribution in [-0.2, 0) is 4.79 Å². The van der Waals surface area contributed by atoms with Crippen molar-refractivity contribution >= 4 is 34.6 Å². The van der Waals surface area contributed by atoms with E-state index in [4.69, 9.17) is 15.7 Å². The van der Waals surface area contributed by atoms with Crippen LogP contribution >= 0.6 is 11.3 Å². The number of aliphatic imine (C=N–C) groups is 1. The van der Waals surface area contributed by atoms with Gasteiger partial charge in [0.1, 0.15) is 17.7 Å². The summed E-state index contributed by atoms with van der Waals surface area (Å²) in [5.74, 6) is 0.0246. The zero-order chi connectivity index (χ0) is 28.2. The number of anilines is 1. The molecule has 0 aromatic carbocycles. The van der Waals surface area contributed by atoms with Gasteiger partial charge >= 0.3 is 5.97 Å². The number of aromatic nitrogens is 4. The predicted molar refractivity (Wildman–Crippen MR) is 159 cm³/mol. The molecule has 2 atom stereocenters. The molecule has 1 saturated heterocycles. The summed E-state index contributed by atoms with van der Waals surface area (Å²) in [6.07, 6.45) is 4.17. The van der Waals surface area contributed by atoms with Gasteiger partial charge in [0.25, 0.3) is 0 Å². The highest BCUT2D eigenvalue weighted by Crippen LogP contribution is 2.31. The Morgan fingerprint density at radius 3 is 2.77 bits per heavy atom. The second-order valence-corrected chi connectivity index (χ2v) is 10.7. The van der Waals surface area contributed by atoms with Crippen molar-refractivity contribution in [3.05, 3.63) is 53.7 Å². The van der Waals surface area contributed by atoms with E-state index in [0.29, 0.717) is 54.2 Å². The Labute approximate surface area is 237 Å². The Hall–Kier alpha value is -3.87. The molecule has 11 nitrogen and oxygen atoms in total. The van der Waals surface area contributed by atoms with Crippen molar-refractivity contribution in [2.75, 3.05) is 37.7 Å². The van der Waals surface area contributed by atoms with Gasteiger partial charge in [0.15, 0.2) is 5.65 Å². The number of pyridine rings is 1. The molecule has 4 aromatic rings. The van der Waals surface area contributed by atoms with Gasteiger partial charge in [-0.25, -0.2) is 19.3 Å². The maximum Gasteiger partial charge on any atom is 0.326 e. The number of carboxylic acid groups (broad SMARTS) is 1. The second kappa shape index (κ2) is 12.1. The van der Waals surface area contributed by atoms with E-state index in [1.807, 2.05) is 41.9 Å². The number of thiophene rings is 1. The molecule has 1 fully saturated rings. The highest BCUT2D eigenvalue weighted by molar-refractivity contribution is 7.13. The van der Waals surface area contributed by atoms with Gasteiger partial charge in [-0.1, -0.05) is 19.9 Å². The maximum atomic E-state index is 11.8. The quantitative estimate of drug-likeness (QED) is 0.135. The summed E-state index contributed by atoms with van der Waals surface area (Å²) in [5.41, 5.74) is 9.98. The number of hydrogen-bond donors (Lipinski definition) is 3. The molecule has 5 heterocycles. The smallest absolute Gasteiger partial charge is 0.326 e. The molecule has 0 saturated carbocycles. The van der Waals surface area contributed by atoms with Gasteiger partial charge < -0.3 is 15.7 Å². The molecule has 4 N–H and O–H groups in total. The molecular formula is C28H35N9O2S. The Kier molecular flexibility index (Phi) is 8.38. The van der Waals surface area contributed by atoms with E-state index in [1.54, 1.807) is 26.9 Å². The zero-order valence-electron chi connectivity index (χ0n) is 23.0. The molecule has 1 aliphatic heterocycles. The lowest BCUT2D eigenvalue weighted by Gasteiger charge is -2.39. The van der Waals surface area contributed by atoms with E-state index in [0.717, 1.165) is 35.8 Å². The van der Waals surface area contributed by atoms with Gasteiger partial charge in [-0.15, -0.1) is 11.3 Å². The molecule has 0 radical (unpaired) electrons. The largest absolute Gasteiger partial charge is 0.480 e. The van der Waals surface area contributed by atoms with Crippen molar-refractivity contribution in [3.8, 4) is 21.8 Å². The van der Waals surface area contributed by atoms with E-state index < -0.39 is 12.0 Å². The fourth-order valence-corrected chi connectivity index (χ4v) is 5.66. The highest BCUT2D eigenvalue weighted by Gasteiger charge is 2.35. The van der Waals surface area contributed by atoms with Crippen molar-refractivity contribution in [1.29, 1.82) is 0 Å². The lowest BCUT2D eigenvalue weighted by atomic mass is 10.0. The summed E-state index contributed by atoms with van der Waals surface area (Å²) in [4.78, 5) is 31.3. The minimum atomic E-state index is -0.869. The second-order valence-electron chi connectivity index (χ2n) is 9.78. The first kappa shape index (κ1) is 27.7. The average Bonchev–Trinajstić information content (AvgIpc) is 3.61. The number of hydrogen-bond acceptors (Lipinski definition) is 9. The normalized spacial score (nSPS) is 16.4. The maximum absolute atomic E-state index is 11.8. The number of aliphatic carboxylic acids is 1. The number of carbonyl (C=O) groups is 1. The summed E-state index contributed by atoms with van der Waals surface area (Å²) in [6.45, 7) is 10.3. The van der Waals surface area contributed by atoms with Crippen LogP contribution in [0.15, 0.2) is 53.1 Å². The van der Waals surface area contributed by atoms with Gasteiger partial charge in [-0.2, -0.15) is 5.10 Å². The molecule has 0 aliphatic carbocycles. The molecule has 12 heteroatoms. The van der Waals surface area contributed by atoms with Gasteiger partial charge in [-0.3, -0.25) is 15.2 Å². The van der Waals surface area contributed by atoms with E-state index >= 15 is 0 Å². The van der Waals surface area contributed by atoms with Crippen LogP contribution in [0.1, 0.15) is 32.8 Å². The van der Waals surface area contributed by atoms with Crippen LogP contribution in [0.25, 0.3) is 27.5 Å². The molecule has 0 amide bonds. The first-order chi connectivity index (χ1) is 19.4. The highest BCUT2D eigenvalue weighted by atomic mass is 32.1. The zero-order valence-corrected chi connectivity index (χ0v) is 23.8. The van der Waals surface area contributed by atoms with Crippen LogP contribution in [0.3, 0.4) is 0 Å². The van der Waals surface area contributed by atoms with Gasteiger partial charge in [-0.05, 0) is 56.1 Å². The van der Waals surface area contributed by atoms with E-state index in [1.165, 1.54) is 0 Å². The van der Waals surface area contributed by atoms with Crippen LogP contribution in [0, 0.1) is 0 Å². The summed E-state index contributed by atoms with van der Waals surface area (Å²) >= 11 is 1.62. The van der Waals surface area contributed by atoms with Gasteiger partial charge in [0.05, 0.1) is 34.7 Å². The average molecular weight is 562 g/mol. The number of fused-ring (bicyclic) bond motifs is 1. The summed E-state index contributed by atoms with van der Waals surface area (Å²) in [6, 6.07) is 9.39. The molecule has 0 spiro atoms. The first-order valence-corrected chi connectivity index (χ1v) is 14.4. The van der Waals surface area contributed by atoms with Crippen LogP contribution in [0.5, 0.6) is 0 Å². The molecule has 40 heavy (non-hydrogen) atoms. The number of nitrogens with two attached hydrogens (primary N) is 1. The van der Waals surface area contributed by atoms with Crippen molar-refractivity contribution in [3.63, 3.8) is 0 Å². The van der Waals surface area contributed by atoms with Crippen molar-refractivity contribution in [2.45, 2.75) is 39.3 Å². The number of nitrogens with one attached hydrogen (secondary N) is 1. The molecule has 0 unspecified atom stereocenters. The van der Waals surface area contributed by atoms with E-state index in [-0.39, 0.29) is 0 Å². The van der Waals surface area contributed by atoms with E-state index in [9.17, 15) is 9.90 Å². The van der Waals surface area contributed by atoms with Crippen molar-refractivity contribution < 1.29 is 9.90 Å². The third kappa shape index (κ3) is 5.69. The monoisotopic (exact) mass is 561 g/mol. The van der Waals surface area contributed by atoms with Gasteiger partial charge in [0.2, 0.25) is 0 Å². The van der Waals surface area contributed by atoms with Crippen molar-refractivity contribution in [1.82, 2.24) is 29.8 Å². The third-order valence-corrected chi connectivity index (χ3v) is 8.25. The summed E-state index contributed by atoms with van der Waals surface area (Å²) in [5, 5.41) is 19.5. The fraction of sp³-hybridized carbons (Fsp3) is 0.393. The molecule has 4 aromatic heterocycles. The minimum absolute atomic E-state index is 0.351.